The van der Waals surface area contributed by atoms with Crippen LogP contribution in [0.5, 0.6) is 0 Å². The fourth-order valence-corrected chi connectivity index (χ4v) is 1.77. The lowest BCUT2D eigenvalue weighted by atomic mass is 10.0. The summed E-state index contributed by atoms with van der Waals surface area (Å²) in [4.78, 5) is 20.9. The first-order valence-corrected chi connectivity index (χ1v) is 5.25. The Bertz CT molecular complexity index is 529. The van der Waals surface area contributed by atoms with Crippen LogP contribution in [-0.2, 0) is 11.2 Å². The first-order chi connectivity index (χ1) is 7.83. The second-order valence-corrected chi connectivity index (χ2v) is 3.76. The topological polar surface area (TPSA) is 34.1 Å². The predicted octanol–water partition coefficient (Wildman–Crippen LogP) is 2.78. The van der Waals surface area contributed by atoms with E-state index >= 15 is 0 Å². The number of aryl methyl sites for hydroxylation is 1. The summed E-state index contributed by atoms with van der Waals surface area (Å²) in [6.07, 6.45) is 3.10. The lowest BCUT2D eigenvalue weighted by Crippen LogP contribution is -1.87. The minimum absolute atomic E-state index is 0.554. The van der Waals surface area contributed by atoms with Gasteiger partial charge in [0.15, 0.2) is 0 Å². The third kappa shape index (κ3) is 2.16. The van der Waals surface area contributed by atoms with E-state index in [4.69, 9.17) is 0 Å². The molecule has 0 aliphatic carbocycles. The monoisotopic (exact) mass is 212 g/mol. The quantitative estimate of drug-likeness (QED) is 0.730. The van der Waals surface area contributed by atoms with Crippen LogP contribution in [0.4, 0.5) is 0 Å². The summed E-state index contributed by atoms with van der Waals surface area (Å²) in [6, 6.07) is 11.7. The molecule has 2 nitrogen and oxygen atoms in total. The van der Waals surface area contributed by atoms with Crippen molar-refractivity contribution < 1.29 is 9.59 Å². The zero-order chi connectivity index (χ0) is 11.4. The summed E-state index contributed by atoms with van der Waals surface area (Å²) in [5.74, 6) is 0. The zero-order valence-electron chi connectivity index (χ0n) is 8.85. The Labute approximate surface area is 93.9 Å². The standard InChI is InChI=1S/C14H12O2/c15-7-1-2-11-3-5-14-9-12(10-16)4-6-13(14)8-11/h3-10H,1-2H2. The van der Waals surface area contributed by atoms with Crippen molar-refractivity contribution >= 4 is 23.3 Å². The van der Waals surface area contributed by atoms with E-state index < -0.39 is 0 Å². The number of carbonyl (C=O) groups is 2. The van der Waals surface area contributed by atoms with Gasteiger partial charge < -0.3 is 4.79 Å². The van der Waals surface area contributed by atoms with Crippen LogP contribution < -0.4 is 0 Å². The Balaban J connectivity index is 2.39. The maximum absolute atomic E-state index is 10.6. The second-order valence-electron chi connectivity index (χ2n) is 3.76. The first-order valence-electron chi connectivity index (χ1n) is 5.25. The van der Waals surface area contributed by atoms with Gasteiger partial charge in [-0.15, -0.1) is 0 Å². The van der Waals surface area contributed by atoms with Crippen molar-refractivity contribution in [3.63, 3.8) is 0 Å². The van der Waals surface area contributed by atoms with Crippen molar-refractivity contribution in [3.8, 4) is 0 Å². The third-order valence-electron chi connectivity index (χ3n) is 2.62. The summed E-state index contributed by atoms with van der Waals surface area (Å²) in [5, 5.41) is 2.16. The van der Waals surface area contributed by atoms with Gasteiger partial charge in [0.1, 0.15) is 12.6 Å². The molecule has 0 fully saturated rings. The number of rotatable bonds is 4. The summed E-state index contributed by atoms with van der Waals surface area (Å²) >= 11 is 0. The summed E-state index contributed by atoms with van der Waals surface area (Å²) in [7, 11) is 0. The number of hydrogen-bond acceptors (Lipinski definition) is 2. The number of benzene rings is 2. The Morgan fingerprint density at radius 2 is 1.69 bits per heavy atom. The molecule has 2 aromatic rings. The van der Waals surface area contributed by atoms with E-state index in [1.54, 1.807) is 6.07 Å². The van der Waals surface area contributed by atoms with Crippen LogP contribution >= 0.6 is 0 Å². The molecule has 0 saturated carbocycles. The van der Waals surface area contributed by atoms with Crippen molar-refractivity contribution in [2.45, 2.75) is 12.8 Å². The predicted molar refractivity (Wildman–Crippen MR) is 63.7 cm³/mol. The van der Waals surface area contributed by atoms with Crippen molar-refractivity contribution in [3.05, 3.63) is 47.5 Å². The SMILES string of the molecule is O=CCCc1ccc2cc(C=O)ccc2c1. The fraction of sp³-hybridized carbons (Fsp3) is 0.143. The highest BCUT2D eigenvalue weighted by molar-refractivity contribution is 5.89. The highest BCUT2D eigenvalue weighted by Gasteiger charge is 1.98. The van der Waals surface area contributed by atoms with Crippen molar-refractivity contribution in [1.82, 2.24) is 0 Å². The first kappa shape index (κ1) is 10.6. The Morgan fingerprint density at radius 1 is 0.938 bits per heavy atom. The van der Waals surface area contributed by atoms with E-state index in [0.29, 0.717) is 12.0 Å². The average Bonchev–Trinajstić information content (AvgIpc) is 2.35. The molecule has 0 aromatic heterocycles. The second kappa shape index (κ2) is 4.71. The van der Waals surface area contributed by atoms with Crippen LogP contribution in [0.25, 0.3) is 10.8 Å². The number of carbonyl (C=O) groups excluding carboxylic acids is 2. The van der Waals surface area contributed by atoms with Gasteiger partial charge in [-0.05, 0) is 28.8 Å². The van der Waals surface area contributed by atoms with Crippen LogP contribution in [0.2, 0.25) is 0 Å². The van der Waals surface area contributed by atoms with Gasteiger partial charge in [-0.1, -0.05) is 30.3 Å². The molecule has 80 valence electrons. The third-order valence-corrected chi connectivity index (χ3v) is 2.62. The van der Waals surface area contributed by atoms with E-state index in [2.05, 4.69) is 6.07 Å². The largest absolute Gasteiger partial charge is 0.303 e. The maximum atomic E-state index is 10.6. The van der Waals surface area contributed by atoms with Gasteiger partial charge in [0.05, 0.1) is 0 Å². The molecule has 2 heteroatoms. The molecule has 0 unspecified atom stereocenters. The van der Waals surface area contributed by atoms with E-state index in [1.807, 2.05) is 24.3 Å². The molecule has 16 heavy (non-hydrogen) atoms. The smallest absolute Gasteiger partial charge is 0.150 e. The highest BCUT2D eigenvalue weighted by atomic mass is 16.1. The van der Waals surface area contributed by atoms with Gasteiger partial charge in [-0.3, -0.25) is 4.79 Å². The van der Waals surface area contributed by atoms with Crippen LogP contribution in [0.3, 0.4) is 0 Å². The maximum Gasteiger partial charge on any atom is 0.150 e. The summed E-state index contributed by atoms with van der Waals surface area (Å²) < 4.78 is 0. The number of aldehydes is 2. The summed E-state index contributed by atoms with van der Waals surface area (Å²) in [6.45, 7) is 0. The molecule has 0 atom stereocenters. The van der Waals surface area contributed by atoms with Gasteiger partial charge in [-0.2, -0.15) is 0 Å². The van der Waals surface area contributed by atoms with Crippen molar-refractivity contribution in [2.24, 2.45) is 0 Å². The van der Waals surface area contributed by atoms with Gasteiger partial charge in [-0.25, -0.2) is 0 Å². The minimum atomic E-state index is 0.554. The fourth-order valence-electron chi connectivity index (χ4n) is 1.77. The minimum Gasteiger partial charge on any atom is -0.303 e. The molecule has 0 radical (unpaired) electrons. The van der Waals surface area contributed by atoms with E-state index in [0.717, 1.165) is 35.3 Å². The molecule has 0 bridgehead atoms. The van der Waals surface area contributed by atoms with Crippen molar-refractivity contribution in [2.75, 3.05) is 0 Å². The molecule has 0 aliphatic heterocycles. The zero-order valence-corrected chi connectivity index (χ0v) is 8.85. The molecule has 0 amide bonds. The molecular formula is C14H12O2. The lowest BCUT2D eigenvalue weighted by molar-refractivity contribution is -0.107. The van der Waals surface area contributed by atoms with E-state index in [1.165, 1.54) is 0 Å². The molecule has 0 heterocycles. The van der Waals surface area contributed by atoms with Gasteiger partial charge >= 0.3 is 0 Å². The molecule has 2 rings (SSSR count). The number of hydrogen-bond donors (Lipinski definition) is 0. The lowest BCUT2D eigenvalue weighted by Gasteiger charge is -2.02. The molecule has 0 N–H and O–H groups in total. The van der Waals surface area contributed by atoms with Gasteiger partial charge in [0.25, 0.3) is 0 Å². The van der Waals surface area contributed by atoms with Crippen LogP contribution in [0.15, 0.2) is 36.4 Å². The number of fused-ring (bicyclic) bond motifs is 1. The average molecular weight is 212 g/mol. The Morgan fingerprint density at radius 3 is 2.44 bits per heavy atom. The van der Waals surface area contributed by atoms with Crippen LogP contribution in [0.1, 0.15) is 22.3 Å². The van der Waals surface area contributed by atoms with Crippen molar-refractivity contribution in [1.29, 1.82) is 0 Å². The molecule has 0 aliphatic rings. The molecule has 0 saturated heterocycles. The molecule has 2 aromatic carbocycles. The summed E-state index contributed by atoms with van der Waals surface area (Å²) in [5.41, 5.74) is 1.84. The Hall–Kier alpha value is -1.96. The van der Waals surface area contributed by atoms with E-state index in [9.17, 15) is 9.59 Å². The molecule has 0 spiro atoms. The van der Waals surface area contributed by atoms with Gasteiger partial charge in [0, 0.05) is 12.0 Å². The Kier molecular flexibility index (Phi) is 3.10. The molecular weight excluding hydrogens is 200 g/mol. The van der Waals surface area contributed by atoms with Gasteiger partial charge in [0.2, 0.25) is 0 Å². The van der Waals surface area contributed by atoms with E-state index in [-0.39, 0.29) is 0 Å². The highest BCUT2D eigenvalue weighted by Crippen LogP contribution is 2.18. The van der Waals surface area contributed by atoms with Crippen LogP contribution in [0, 0.1) is 0 Å². The van der Waals surface area contributed by atoms with Crippen LogP contribution in [-0.4, -0.2) is 12.6 Å². The normalized spacial score (nSPS) is 10.2.